The van der Waals surface area contributed by atoms with E-state index in [1.165, 1.54) is 5.56 Å². The molecule has 5 nitrogen and oxygen atoms in total. The summed E-state index contributed by atoms with van der Waals surface area (Å²) in [6.45, 7) is 2.90. The highest BCUT2D eigenvalue weighted by Gasteiger charge is 2.43. The van der Waals surface area contributed by atoms with Crippen LogP contribution in [0.4, 0.5) is 0 Å². The van der Waals surface area contributed by atoms with Crippen molar-refractivity contribution in [3.05, 3.63) is 53.9 Å². The molecule has 0 saturated carbocycles. The van der Waals surface area contributed by atoms with E-state index in [0.29, 0.717) is 18.5 Å². The molecule has 0 unspecified atom stereocenters. The lowest BCUT2D eigenvalue weighted by molar-refractivity contribution is -0.131. The molecular weight excluding hydrogens is 300 g/mol. The average Bonchev–Trinajstić information content (AvgIpc) is 3.26. The summed E-state index contributed by atoms with van der Waals surface area (Å²) in [6.07, 6.45) is 6.73. The molecule has 3 heterocycles. The predicted molar refractivity (Wildman–Crippen MR) is 92.3 cm³/mol. The molecule has 24 heavy (non-hydrogen) atoms. The van der Waals surface area contributed by atoms with Crippen LogP contribution in [0.3, 0.4) is 0 Å². The molecule has 2 saturated heterocycles. The highest BCUT2D eigenvalue weighted by molar-refractivity contribution is 5.79. The number of hydrogen-bond acceptors (Lipinski definition) is 3. The van der Waals surface area contributed by atoms with Crippen molar-refractivity contribution in [2.24, 2.45) is 7.05 Å². The first kappa shape index (κ1) is 15.4. The van der Waals surface area contributed by atoms with Crippen molar-refractivity contribution in [2.45, 2.75) is 37.9 Å². The molecular formula is C19H24N4O. The van der Waals surface area contributed by atoms with Gasteiger partial charge >= 0.3 is 0 Å². The molecule has 2 aromatic rings. The van der Waals surface area contributed by atoms with Gasteiger partial charge in [0.15, 0.2) is 0 Å². The van der Waals surface area contributed by atoms with Gasteiger partial charge < -0.3 is 4.90 Å². The SMILES string of the molecule is Cn1cc(CN2CC[C@H]3[C@@H]2CCN3C(=O)Cc2ccccc2)cn1. The Morgan fingerprint density at radius 2 is 1.92 bits per heavy atom. The van der Waals surface area contributed by atoms with Crippen LogP contribution in [0.5, 0.6) is 0 Å². The van der Waals surface area contributed by atoms with Crippen molar-refractivity contribution >= 4 is 5.91 Å². The van der Waals surface area contributed by atoms with Crippen LogP contribution >= 0.6 is 0 Å². The van der Waals surface area contributed by atoms with Gasteiger partial charge in [-0.25, -0.2) is 0 Å². The van der Waals surface area contributed by atoms with E-state index in [1.54, 1.807) is 0 Å². The fraction of sp³-hybridized carbons (Fsp3) is 0.474. The van der Waals surface area contributed by atoms with Gasteiger partial charge in [-0.15, -0.1) is 0 Å². The summed E-state index contributed by atoms with van der Waals surface area (Å²) in [7, 11) is 1.95. The molecule has 4 rings (SSSR count). The van der Waals surface area contributed by atoms with Crippen LogP contribution in [0, 0.1) is 0 Å². The molecule has 1 aromatic heterocycles. The van der Waals surface area contributed by atoms with Crippen LogP contribution in [0.1, 0.15) is 24.0 Å². The van der Waals surface area contributed by atoms with E-state index in [9.17, 15) is 4.79 Å². The van der Waals surface area contributed by atoms with Crippen LogP contribution in [0.15, 0.2) is 42.7 Å². The second kappa shape index (κ2) is 6.40. The molecule has 0 N–H and O–H groups in total. The van der Waals surface area contributed by atoms with Gasteiger partial charge in [-0.05, 0) is 18.4 Å². The number of aromatic nitrogens is 2. The van der Waals surface area contributed by atoms with Gasteiger partial charge in [0.2, 0.25) is 5.91 Å². The quantitative estimate of drug-likeness (QED) is 0.862. The van der Waals surface area contributed by atoms with Gasteiger partial charge in [-0.1, -0.05) is 30.3 Å². The van der Waals surface area contributed by atoms with Crippen molar-refractivity contribution < 1.29 is 4.79 Å². The van der Waals surface area contributed by atoms with Crippen LogP contribution in [0.25, 0.3) is 0 Å². The number of nitrogens with zero attached hydrogens (tertiary/aromatic N) is 4. The van der Waals surface area contributed by atoms with Crippen molar-refractivity contribution in [1.29, 1.82) is 0 Å². The standard InChI is InChI=1S/C19H24N4O/c1-21-13-16(12-20-21)14-22-9-7-18-17(22)8-10-23(18)19(24)11-15-5-3-2-4-6-15/h2-6,12-13,17-18H,7-11,14H2,1H3/t17-,18-/m0/s1. The topological polar surface area (TPSA) is 41.4 Å². The monoisotopic (exact) mass is 324 g/mol. The number of hydrogen-bond donors (Lipinski definition) is 0. The molecule has 0 radical (unpaired) electrons. The van der Waals surface area contributed by atoms with Crippen molar-refractivity contribution in [3.8, 4) is 0 Å². The third-order valence-corrected chi connectivity index (χ3v) is 5.35. The van der Waals surface area contributed by atoms with E-state index in [1.807, 2.05) is 48.3 Å². The molecule has 126 valence electrons. The minimum absolute atomic E-state index is 0.275. The number of benzene rings is 1. The molecule has 2 aliphatic heterocycles. The van der Waals surface area contributed by atoms with E-state index in [4.69, 9.17) is 0 Å². The second-order valence-electron chi connectivity index (χ2n) is 6.95. The van der Waals surface area contributed by atoms with Crippen LogP contribution in [-0.2, 0) is 24.8 Å². The maximum atomic E-state index is 12.7. The Kier molecular flexibility index (Phi) is 4.10. The first-order valence-corrected chi connectivity index (χ1v) is 8.75. The summed E-state index contributed by atoms with van der Waals surface area (Å²) in [6, 6.07) is 11.0. The third-order valence-electron chi connectivity index (χ3n) is 5.35. The number of carbonyl (C=O) groups excluding carboxylic acids is 1. The molecule has 0 aliphatic carbocycles. The minimum Gasteiger partial charge on any atom is -0.338 e. The number of amides is 1. The van der Waals surface area contributed by atoms with Gasteiger partial charge in [-0.3, -0.25) is 14.4 Å². The van der Waals surface area contributed by atoms with Gasteiger partial charge in [0.05, 0.1) is 12.6 Å². The van der Waals surface area contributed by atoms with E-state index in [2.05, 4.69) is 21.1 Å². The van der Waals surface area contributed by atoms with Gasteiger partial charge in [0.1, 0.15) is 0 Å². The maximum Gasteiger partial charge on any atom is 0.227 e. The number of rotatable bonds is 4. The fourth-order valence-corrected chi connectivity index (χ4v) is 4.24. The zero-order chi connectivity index (χ0) is 16.5. The Morgan fingerprint density at radius 3 is 2.67 bits per heavy atom. The Labute approximate surface area is 142 Å². The number of fused-ring (bicyclic) bond motifs is 1. The van der Waals surface area contributed by atoms with Crippen molar-refractivity contribution in [2.75, 3.05) is 13.1 Å². The van der Waals surface area contributed by atoms with E-state index in [0.717, 1.165) is 38.0 Å². The fourth-order valence-electron chi connectivity index (χ4n) is 4.24. The Hall–Kier alpha value is -2.14. The van der Waals surface area contributed by atoms with Crippen LogP contribution in [0.2, 0.25) is 0 Å². The molecule has 1 amide bonds. The maximum absolute atomic E-state index is 12.7. The summed E-state index contributed by atoms with van der Waals surface area (Å²) in [5, 5.41) is 4.26. The van der Waals surface area contributed by atoms with Crippen LogP contribution in [-0.4, -0.2) is 50.7 Å². The predicted octanol–water partition coefficient (Wildman–Crippen LogP) is 1.84. The van der Waals surface area contributed by atoms with E-state index in [-0.39, 0.29) is 5.91 Å². The first-order valence-electron chi connectivity index (χ1n) is 8.75. The lowest BCUT2D eigenvalue weighted by Crippen LogP contribution is -2.40. The summed E-state index contributed by atoms with van der Waals surface area (Å²) in [5.41, 5.74) is 2.36. The second-order valence-corrected chi connectivity index (χ2v) is 6.95. The molecule has 1 aromatic carbocycles. The largest absolute Gasteiger partial charge is 0.338 e. The molecule has 0 bridgehead atoms. The number of likely N-dealkylation sites (tertiary alicyclic amines) is 2. The van der Waals surface area contributed by atoms with Crippen molar-refractivity contribution in [3.63, 3.8) is 0 Å². The Balaban J connectivity index is 1.40. The zero-order valence-electron chi connectivity index (χ0n) is 14.1. The third kappa shape index (κ3) is 2.96. The van der Waals surface area contributed by atoms with Crippen molar-refractivity contribution in [1.82, 2.24) is 19.6 Å². The lowest BCUT2D eigenvalue weighted by atomic mass is 10.1. The molecule has 2 aliphatic rings. The average molecular weight is 324 g/mol. The minimum atomic E-state index is 0.275. The lowest BCUT2D eigenvalue weighted by Gasteiger charge is -2.25. The Morgan fingerprint density at radius 1 is 1.12 bits per heavy atom. The van der Waals surface area contributed by atoms with Crippen LogP contribution < -0.4 is 0 Å². The summed E-state index contributed by atoms with van der Waals surface area (Å²) in [4.78, 5) is 17.4. The first-order chi connectivity index (χ1) is 11.7. The number of aryl methyl sites for hydroxylation is 1. The van der Waals surface area contributed by atoms with Gasteiger partial charge in [-0.2, -0.15) is 5.10 Å². The Bertz CT molecular complexity index is 711. The number of carbonyl (C=O) groups is 1. The zero-order valence-corrected chi connectivity index (χ0v) is 14.1. The highest BCUT2D eigenvalue weighted by atomic mass is 16.2. The molecule has 5 heteroatoms. The normalized spacial score (nSPS) is 23.6. The van der Waals surface area contributed by atoms with Gasteiger partial charge in [0, 0.05) is 50.5 Å². The summed E-state index contributed by atoms with van der Waals surface area (Å²) < 4.78 is 1.85. The highest BCUT2D eigenvalue weighted by Crippen LogP contribution is 2.33. The molecule has 2 fully saturated rings. The van der Waals surface area contributed by atoms with E-state index < -0.39 is 0 Å². The molecule has 2 atom stereocenters. The van der Waals surface area contributed by atoms with E-state index >= 15 is 0 Å². The van der Waals surface area contributed by atoms with Gasteiger partial charge in [0.25, 0.3) is 0 Å². The molecule has 0 spiro atoms. The summed E-state index contributed by atoms with van der Waals surface area (Å²) in [5.74, 6) is 0.275. The smallest absolute Gasteiger partial charge is 0.227 e. The summed E-state index contributed by atoms with van der Waals surface area (Å²) >= 11 is 0.